The fourth-order valence-electron chi connectivity index (χ4n) is 2.94. The lowest BCUT2D eigenvalue weighted by Gasteiger charge is -2.34. The smallest absolute Gasteiger partial charge is 0.271 e. The van der Waals surface area contributed by atoms with E-state index >= 15 is 0 Å². The lowest BCUT2D eigenvalue weighted by Crippen LogP contribution is -2.45. The van der Waals surface area contributed by atoms with E-state index in [9.17, 15) is 18.5 Å². The summed E-state index contributed by atoms with van der Waals surface area (Å²) in [6.07, 6.45) is 1.65. The van der Waals surface area contributed by atoms with Crippen molar-refractivity contribution >= 4 is 15.7 Å². The van der Waals surface area contributed by atoms with Gasteiger partial charge in [0.05, 0.1) is 9.82 Å². The molecule has 0 bridgehead atoms. The van der Waals surface area contributed by atoms with Crippen LogP contribution >= 0.6 is 0 Å². The van der Waals surface area contributed by atoms with Gasteiger partial charge in [0.15, 0.2) is 0 Å². The van der Waals surface area contributed by atoms with Gasteiger partial charge in [-0.25, -0.2) is 8.42 Å². The highest BCUT2D eigenvalue weighted by Crippen LogP contribution is 2.30. The average Bonchev–Trinajstić information content (AvgIpc) is 2.49. The lowest BCUT2D eigenvalue weighted by molar-refractivity contribution is -0.385. The van der Waals surface area contributed by atoms with Crippen molar-refractivity contribution in [3.63, 3.8) is 0 Å². The van der Waals surface area contributed by atoms with Crippen LogP contribution in [0.3, 0.4) is 0 Å². The minimum absolute atomic E-state index is 0.0227. The number of piperidine rings is 1. The van der Waals surface area contributed by atoms with Gasteiger partial charge in [0, 0.05) is 31.3 Å². The lowest BCUT2D eigenvalue weighted by atomic mass is 9.93. The Morgan fingerprint density at radius 3 is 2.61 bits per heavy atom. The second-order valence-electron chi connectivity index (χ2n) is 6.27. The topological polar surface area (TPSA) is 107 Å². The van der Waals surface area contributed by atoms with E-state index in [0.29, 0.717) is 24.2 Å². The van der Waals surface area contributed by atoms with Gasteiger partial charge in [-0.1, -0.05) is 0 Å². The van der Waals surface area contributed by atoms with Gasteiger partial charge in [0.25, 0.3) is 5.69 Å². The number of rotatable bonds is 4. The molecule has 1 aliphatic rings. The summed E-state index contributed by atoms with van der Waals surface area (Å²) in [5.74, 6) is 0.110. The van der Waals surface area contributed by atoms with Gasteiger partial charge < -0.3 is 5.73 Å². The van der Waals surface area contributed by atoms with Crippen molar-refractivity contribution in [2.75, 3.05) is 13.1 Å². The number of benzene rings is 1. The molecular formula is C15H23N3O4S. The first-order valence-corrected chi connectivity index (χ1v) is 9.10. The molecule has 128 valence electrons. The standard InChI is InChI=1S/C15H23N3O4S/c1-10-7-14(18(19)20)8-15(11(10)2)23(21,22)17-6-4-5-13(9-17)12(3)16/h7-8,12-13H,4-6,9,16H2,1-3H3. The molecule has 1 fully saturated rings. The fourth-order valence-corrected chi connectivity index (χ4v) is 4.80. The number of hydrogen-bond donors (Lipinski definition) is 1. The van der Waals surface area contributed by atoms with E-state index < -0.39 is 14.9 Å². The Bertz CT molecular complexity index is 716. The molecule has 0 aliphatic carbocycles. The Hall–Kier alpha value is -1.51. The molecule has 0 spiro atoms. The Labute approximate surface area is 136 Å². The van der Waals surface area contributed by atoms with Crippen molar-refractivity contribution in [1.82, 2.24) is 4.31 Å². The first-order valence-electron chi connectivity index (χ1n) is 7.66. The summed E-state index contributed by atoms with van der Waals surface area (Å²) >= 11 is 0. The van der Waals surface area contributed by atoms with Crippen LogP contribution in [0.2, 0.25) is 0 Å². The summed E-state index contributed by atoms with van der Waals surface area (Å²) < 4.78 is 27.3. The number of hydrogen-bond acceptors (Lipinski definition) is 5. The molecule has 0 aromatic heterocycles. The zero-order chi connectivity index (χ0) is 17.4. The van der Waals surface area contributed by atoms with E-state index in [0.717, 1.165) is 18.9 Å². The van der Waals surface area contributed by atoms with Crippen LogP contribution in [0.25, 0.3) is 0 Å². The molecule has 0 saturated carbocycles. The molecule has 1 heterocycles. The van der Waals surface area contributed by atoms with Crippen LogP contribution in [0, 0.1) is 29.9 Å². The second-order valence-corrected chi connectivity index (χ2v) is 8.17. The van der Waals surface area contributed by atoms with Crippen LogP contribution in [0.5, 0.6) is 0 Å². The maximum Gasteiger partial charge on any atom is 0.271 e. The Balaban J connectivity index is 2.45. The van der Waals surface area contributed by atoms with Gasteiger partial charge in [0.1, 0.15) is 0 Å². The fraction of sp³-hybridized carbons (Fsp3) is 0.600. The zero-order valence-electron chi connectivity index (χ0n) is 13.7. The minimum atomic E-state index is -3.76. The molecule has 7 nitrogen and oxygen atoms in total. The highest BCUT2D eigenvalue weighted by atomic mass is 32.2. The van der Waals surface area contributed by atoms with Gasteiger partial charge in [-0.2, -0.15) is 4.31 Å². The number of aryl methyl sites for hydroxylation is 1. The maximum absolute atomic E-state index is 13.0. The summed E-state index contributed by atoms with van der Waals surface area (Å²) in [5, 5.41) is 11.0. The highest BCUT2D eigenvalue weighted by Gasteiger charge is 2.33. The third-order valence-electron chi connectivity index (χ3n) is 4.60. The predicted octanol–water partition coefficient (Wildman–Crippen LogP) is 1.96. The molecule has 0 amide bonds. The van der Waals surface area contributed by atoms with Crippen LogP contribution in [0.1, 0.15) is 30.9 Å². The number of nitrogens with zero attached hydrogens (tertiary/aromatic N) is 2. The molecule has 2 rings (SSSR count). The van der Waals surface area contributed by atoms with Crippen molar-refractivity contribution < 1.29 is 13.3 Å². The SMILES string of the molecule is Cc1cc([N+](=O)[O-])cc(S(=O)(=O)N2CCCC(C(C)N)C2)c1C. The summed E-state index contributed by atoms with van der Waals surface area (Å²) in [5.41, 5.74) is 6.87. The van der Waals surface area contributed by atoms with Crippen molar-refractivity contribution in [2.45, 2.75) is 44.6 Å². The molecule has 2 unspecified atom stereocenters. The molecule has 0 radical (unpaired) electrons. The third kappa shape index (κ3) is 3.54. The van der Waals surface area contributed by atoms with Crippen LogP contribution in [-0.2, 0) is 10.0 Å². The van der Waals surface area contributed by atoms with Gasteiger partial charge in [-0.3, -0.25) is 10.1 Å². The normalized spacial score (nSPS) is 21.1. The zero-order valence-corrected chi connectivity index (χ0v) is 14.5. The minimum Gasteiger partial charge on any atom is -0.328 e. The Morgan fingerprint density at radius 2 is 2.04 bits per heavy atom. The third-order valence-corrected chi connectivity index (χ3v) is 6.59. The highest BCUT2D eigenvalue weighted by molar-refractivity contribution is 7.89. The number of nitro benzene ring substituents is 1. The molecule has 23 heavy (non-hydrogen) atoms. The molecule has 2 atom stereocenters. The summed E-state index contributed by atoms with van der Waals surface area (Å²) in [4.78, 5) is 10.5. The van der Waals surface area contributed by atoms with Crippen molar-refractivity contribution in [3.8, 4) is 0 Å². The largest absolute Gasteiger partial charge is 0.328 e. The molecular weight excluding hydrogens is 318 g/mol. The van der Waals surface area contributed by atoms with Gasteiger partial charge in [0.2, 0.25) is 10.0 Å². The van der Waals surface area contributed by atoms with E-state index in [1.165, 1.54) is 10.4 Å². The summed E-state index contributed by atoms with van der Waals surface area (Å²) in [6, 6.07) is 2.48. The van der Waals surface area contributed by atoms with Crippen molar-refractivity contribution in [2.24, 2.45) is 11.7 Å². The van der Waals surface area contributed by atoms with Gasteiger partial charge in [-0.05, 0) is 50.7 Å². The Morgan fingerprint density at radius 1 is 1.39 bits per heavy atom. The van der Waals surface area contributed by atoms with E-state index in [1.807, 2.05) is 6.92 Å². The average molecular weight is 341 g/mol. The van der Waals surface area contributed by atoms with Gasteiger partial charge >= 0.3 is 0 Å². The van der Waals surface area contributed by atoms with E-state index in [2.05, 4.69) is 0 Å². The second kappa shape index (κ2) is 6.54. The van der Waals surface area contributed by atoms with Crippen LogP contribution in [0.4, 0.5) is 5.69 Å². The van der Waals surface area contributed by atoms with E-state index in [1.54, 1.807) is 13.8 Å². The number of nitrogens with two attached hydrogens (primary N) is 1. The molecule has 1 aliphatic heterocycles. The van der Waals surface area contributed by atoms with Crippen molar-refractivity contribution in [3.05, 3.63) is 33.4 Å². The molecule has 1 aromatic rings. The number of non-ortho nitro benzene ring substituents is 1. The first-order chi connectivity index (χ1) is 10.6. The Kier molecular flexibility index (Phi) is 5.07. The van der Waals surface area contributed by atoms with Crippen LogP contribution < -0.4 is 5.73 Å². The quantitative estimate of drug-likeness (QED) is 0.665. The van der Waals surface area contributed by atoms with E-state index in [4.69, 9.17) is 5.73 Å². The molecule has 2 N–H and O–H groups in total. The monoisotopic (exact) mass is 341 g/mol. The number of nitro groups is 1. The predicted molar refractivity (Wildman–Crippen MR) is 87.7 cm³/mol. The van der Waals surface area contributed by atoms with Crippen LogP contribution in [0.15, 0.2) is 17.0 Å². The summed E-state index contributed by atoms with van der Waals surface area (Å²) in [7, 11) is -3.76. The number of sulfonamides is 1. The van der Waals surface area contributed by atoms with Crippen LogP contribution in [-0.4, -0.2) is 36.8 Å². The molecule has 1 aromatic carbocycles. The van der Waals surface area contributed by atoms with Gasteiger partial charge in [-0.15, -0.1) is 0 Å². The molecule has 8 heteroatoms. The molecule has 1 saturated heterocycles. The first kappa shape index (κ1) is 17.8. The summed E-state index contributed by atoms with van der Waals surface area (Å²) in [6.45, 7) is 6.03. The van der Waals surface area contributed by atoms with E-state index in [-0.39, 0.29) is 22.5 Å². The maximum atomic E-state index is 13.0. The van der Waals surface area contributed by atoms with Crippen molar-refractivity contribution in [1.29, 1.82) is 0 Å².